The maximum absolute atomic E-state index is 12.8. The van der Waals surface area contributed by atoms with Crippen LogP contribution in [0.15, 0.2) is 29.2 Å². The Labute approximate surface area is 142 Å². The molecule has 1 fully saturated rings. The Kier molecular flexibility index (Phi) is 5.38. The number of hydrogen-bond donors (Lipinski definition) is 0. The molecule has 1 aliphatic rings. The van der Waals surface area contributed by atoms with Gasteiger partial charge in [0.25, 0.3) is 10.0 Å². The number of nitrogens with zero attached hydrogens (tertiary/aromatic N) is 1. The molecule has 0 spiro atoms. The minimum atomic E-state index is -3.89. The summed E-state index contributed by atoms with van der Waals surface area (Å²) in [6.07, 6.45) is 1.48. The van der Waals surface area contributed by atoms with E-state index in [1.54, 1.807) is 0 Å². The summed E-state index contributed by atoms with van der Waals surface area (Å²) in [6.45, 7) is 5.82. The van der Waals surface area contributed by atoms with Crippen LogP contribution < -0.4 is 0 Å². The quantitative estimate of drug-likeness (QED) is 0.783. The lowest BCUT2D eigenvalue weighted by atomic mass is 10.2. The van der Waals surface area contributed by atoms with Crippen molar-refractivity contribution >= 4 is 27.5 Å². The molecule has 5 nitrogen and oxygen atoms in total. The fourth-order valence-corrected chi connectivity index (χ4v) is 3.61. The zero-order chi connectivity index (χ0) is 17.3. The minimum absolute atomic E-state index is 0.0115. The molecule has 1 aromatic carbocycles. The van der Waals surface area contributed by atoms with Crippen molar-refractivity contribution in [3.63, 3.8) is 0 Å². The van der Waals surface area contributed by atoms with Crippen LogP contribution in [-0.4, -0.2) is 37.4 Å². The molecule has 0 aliphatic heterocycles. The zero-order valence-electron chi connectivity index (χ0n) is 13.6. The molecule has 0 aromatic heterocycles. The average Bonchev–Trinajstić information content (AvgIpc) is 3.26. The Morgan fingerprint density at radius 1 is 1.26 bits per heavy atom. The topological polar surface area (TPSA) is 63.7 Å². The van der Waals surface area contributed by atoms with E-state index in [4.69, 9.17) is 16.3 Å². The van der Waals surface area contributed by atoms with Gasteiger partial charge in [-0.05, 0) is 57.9 Å². The van der Waals surface area contributed by atoms with E-state index in [1.807, 2.05) is 20.8 Å². The van der Waals surface area contributed by atoms with Crippen molar-refractivity contribution in [3.05, 3.63) is 29.3 Å². The summed E-state index contributed by atoms with van der Waals surface area (Å²) in [6, 6.07) is 5.82. The first kappa shape index (κ1) is 18.2. The molecular formula is C16H22ClNO4S. The summed E-state index contributed by atoms with van der Waals surface area (Å²) in [5.74, 6) is -0.538. The summed E-state index contributed by atoms with van der Waals surface area (Å²) in [5, 5.41) is 0.445. The van der Waals surface area contributed by atoms with Gasteiger partial charge in [0.1, 0.15) is 0 Å². The number of sulfonamides is 1. The number of rotatable bonds is 6. The van der Waals surface area contributed by atoms with Crippen LogP contribution in [0.4, 0.5) is 0 Å². The van der Waals surface area contributed by atoms with Gasteiger partial charge in [0.2, 0.25) is 5.91 Å². The number of amides is 1. The number of ether oxygens (including phenoxy) is 1. The number of carbonyl (C=O) groups is 1. The highest BCUT2D eigenvalue weighted by molar-refractivity contribution is 7.89. The van der Waals surface area contributed by atoms with E-state index in [2.05, 4.69) is 0 Å². The van der Waals surface area contributed by atoms with Crippen LogP contribution >= 0.6 is 11.6 Å². The summed E-state index contributed by atoms with van der Waals surface area (Å²) < 4.78 is 32.1. The zero-order valence-corrected chi connectivity index (χ0v) is 15.2. The van der Waals surface area contributed by atoms with E-state index in [9.17, 15) is 13.2 Å². The lowest BCUT2D eigenvalue weighted by Gasteiger charge is -2.25. The van der Waals surface area contributed by atoms with Crippen molar-refractivity contribution in [2.24, 2.45) is 5.92 Å². The van der Waals surface area contributed by atoms with Crippen LogP contribution in [0.2, 0.25) is 5.02 Å². The fraction of sp³-hybridized carbons (Fsp3) is 0.562. The summed E-state index contributed by atoms with van der Waals surface area (Å²) >= 11 is 5.80. The Morgan fingerprint density at radius 3 is 2.30 bits per heavy atom. The van der Waals surface area contributed by atoms with E-state index >= 15 is 0 Å². The second kappa shape index (κ2) is 6.79. The number of benzene rings is 1. The molecule has 2 rings (SSSR count). The maximum atomic E-state index is 12.8. The molecule has 0 heterocycles. The molecule has 0 saturated heterocycles. The van der Waals surface area contributed by atoms with Crippen molar-refractivity contribution < 1.29 is 17.9 Å². The van der Waals surface area contributed by atoms with E-state index < -0.39 is 15.6 Å². The van der Waals surface area contributed by atoms with Crippen LogP contribution in [0.1, 0.15) is 33.6 Å². The van der Waals surface area contributed by atoms with Gasteiger partial charge in [-0.2, -0.15) is 0 Å². The van der Waals surface area contributed by atoms with Gasteiger partial charge >= 0.3 is 0 Å². The first-order valence-corrected chi connectivity index (χ1v) is 9.39. The Hall–Kier alpha value is -1.11. The molecule has 7 heteroatoms. The van der Waals surface area contributed by atoms with Gasteiger partial charge in [-0.1, -0.05) is 11.6 Å². The highest BCUT2D eigenvalue weighted by Crippen LogP contribution is 2.33. The third-order valence-electron chi connectivity index (χ3n) is 3.40. The molecule has 0 atom stereocenters. The molecule has 1 saturated carbocycles. The predicted octanol–water partition coefficient (Wildman–Crippen LogP) is 3.08. The lowest BCUT2D eigenvalue weighted by molar-refractivity contribution is -0.128. The van der Waals surface area contributed by atoms with Crippen LogP contribution in [0.5, 0.6) is 0 Å². The number of carbonyl (C=O) groups excluding carboxylic acids is 1. The van der Waals surface area contributed by atoms with Gasteiger partial charge in [-0.3, -0.25) is 4.79 Å². The summed E-state index contributed by atoms with van der Waals surface area (Å²) in [5.41, 5.74) is -0.391. The highest BCUT2D eigenvalue weighted by Gasteiger charge is 2.39. The van der Waals surface area contributed by atoms with Gasteiger partial charge < -0.3 is 4.74 Å². The van der Waals surface area contributed by atoms with Gasteiger partial charge in [0.15, 0.2) is 0 Å². The van der Waals surface area contributed by atoms with Crippen molar-refractivity contribution in [1.29, 1.82) is 0 Å². The molecule has 0 radical (unpaired) electrons. The summed E-state index contributed by atoms with van der Waals surface area (Å²) in [4.78, 5) is 12.5. The molecular weight excluding hydrogens is 338 g/mol. The number of halogens is 1. The standard InChI is InChI=1S/C16H22ClNO4S/c1-16(2,3)22-11-10-18(15(19)12-4-5-12)23(20,21)14-8-6-13(17)7-9-14/h6-9,12H,4-5,10-11H2,1-3H3. The monoisotopic (exact) mass is 359 g/mol. The van der Waals surface area contributed by atoms with Gasteiger partial charge in [0, 0.05) is 10.9 Å². The largest absolute Gasteiger partial charge is 0.374 e. The first-order valence-electron chi connectivity index (χ1n) is 7.57. The van der Waals surface area contributed by atoms with Gasteiger partial charge in [-0.15, -0.1) is 0 Å². The maximum Gasteiger partial charge on any atom is 0.266 e. The Bertz CT molecular complexity index is 660. The SMILES string of the molecule is CC(C)(C)OCCN(C(=O)C1CC1)S(=O)(=O)c1ccc(Cl)cc1. The minimum Gasteiger partial charge on any atom is -0.374 e. The van der Waals surface area contributed by atoms with Crippen LogP contribution in [0.25, 0.3) is 0 Å². The average molecular weight is 360 g/mol. The normalized spacial score (nSPS) is 15.5. The molecule has 1 aliphatic carbocycles. The van der Waals surface area contributed by atoms with E-state index in [-0.39, 0.29) is 29.9 Å². The van der Waals surface area contributed by atoms with E-state index in [0.717, 1.165) is 17.1 Å². The third-order valence-corrected chi connectivity index (χ3v) is 5.47. The molecule has 0 unspecified atom stereocenters. The van der Waals surface area contributed by atoms with Crippen LogP contribution in [-0.2, 0) is 19.6 Å². The van der Waals surface area contributed by atoms with Crippen molar-refractivity contribution in [3.8, 4) is 0 Å². The molecule has 128 valence electrons. The van der Waals surface area contributed by atoms with Gasteiger partial charge in [0.05, 0.1) is 23.6 Å². The second-order valence-corrected chi connectivity index (χ2v) is 8.90. The Balaban J connectivity index is 2.21. The number of hydrogen-bond acceptors (Lipinski definition) is 4. The molecule has 23 heavy (non-hydrogen) atoms. The van der Waals surface area contributed by atoms with Crippen molar-refractivity contribution in [2.75, 3.05) is 13.2 Å². The Morgan fingerprint density at radius 2 is 1.83 bits per heavy atom. The smallest absolute Gasteiger partial charge is 0.266 e. The van der Waals surface area contributed by atoms with Gasteiger partial charge in [-0.25, -0.2) is 12.7 Å². The predicted molar refractivity (Wildman–Crippen MR) is 88.8 cm³/mol. The third kappa shape index (κ3) is 4.93. The molecule has 0 N–H and O–H groups in total. The fourth-order valence-electron chi connectivity index (χ4n) is 2.05. The van der Waals surface area contributed by atoms with Crippen molar-refractivity contribution in [1.82, 2.24) is 4.31 Å². The van der Waals surface area contributed by atoms with E-state index in [0.29, 0.717) is 5.02 Å². The molecule has 1 aromatic rings. The molecule has 0 bridgehead atoms. The van der Waals surface area contributed by atoms with Crippen LogP contribution in [0, 0.1) is 5.92 Å². The van der Waals surface area contributed by atoms with Crippen molar-refractivity contribution in [2.45, 2.75) is 44.1 Å². The van der Waals surface area contributed by atoms with E-state index in [1.165, 1.54) is 24.3 Å². The highest BCUT2D eigenvalue weighted by atomic mass is 35.5. The second-order valence-electron chi connectivity index (χ2n) is 6.60. The van der Waals surface area contributed by atoms with Crippen LogP contribution in [0.3, 0.4) is 0 Å². The molecule has 1 amide bonds. The lowest BCUT2D eigenvalue weighted by Crippen LogP contribution is -2.41. The summed E-state index contributed by atoms with van der Waals surface area (Å²) in [7, 11) is -3.89. The first-order chi connectivity index (χ1) is 10.6.